The lowest BCUT2D eigenvalue weighted by molar-refractivity contribution is 0.0603. The second-order valence-corrected chi connectivity index (χ2v) is 3.30. The van der Waals surface area contributed by atoms with E-state index in [2.05, 4.69) is 4.74 Å². The summed E-state index contributed by atoms with van der Waals surface area (Å²) in [6.45, 7) is 0. The van der Waals surface area contributed by atoms with E-state index in [9.17, 15) is 9.59 Å². The third kappa shape index (κ3) is 1.56. The smallest absolute Gasteiger partial charge is 0.338 e. The first-order valence-corrected chi connectivity index (χ1v) is 4.76. The van der Waals surface area contributed by atoms with Gasteiger partial charge in [-0.25, -0.2) is 4.79 Å². The zero-order valence-corrected chi connectivity index (χ0v) is 8.69. The first kappa shape index (κ1) is 10.4. The molecule has 0 unspecified atom stereocenters. The average Bonchev–Trinajstić information content (AvgIpc) is 2.36. The van der Waals surface area contributed by atoms with Crippen LogP contribution in [0.1, 0.15) is 15.9 Å². The van der Waals surface area contributed by atoms with Crippen LogP contribution in [0.15, 0.2) is 36.4 Å². The Hall–Kier alpha value is -2.16. The number of esters is 1. The second-order valence-electron chi connectivity index (χ2n) is 3.30. The first-order valence-electron chi connectivity index (χ1n) is 4.76. The highest BCUT2D eigenvalue weighted by Gasteiger charge is 2.11. The molecular formula is C13H9O3. The molecule has 3 nitrogen and oxygen atoms in total. The third-order valence-corrected chi connectivity index (χ3v) is 2.44. The van der Waals surface area contributed by atoms with Crippen LogP contribution in [0.5, 0.6) is 0 Å². The van der Waals surface area contributed by atoms with Gasteiger partial charge in [-0.3, -0.25) is 4.79 Å². The number of rotatable bonds is 2. The van der Waals surface area contributed by atoms with Crippen LogP contribution < -0.4 is 0 Å². The van der Waals surface area contributed by atoms with Crippen LogP contribution in [0, 0.1) is 0 Å². The van der Waals surface area contributed by atoms with Crippen LogP contribution in [0.2, 0.25) is 0 Å². The lowest BCUT2D eigenvalue weighted by atomic mass is 10.0. The molecule has 0 bridgehead atoms. The molecule has 0 N–H and O–H groups in total. The summed E-state index contributed by atoms with van der Waals surface area (Å²) in [4.78, 5) is 22.2. The van der Waals surface area contributed by atoms with Gasteiger partial charge < -0.3 is 4.74 Å². The normalized spacial score (nSPS) is 10.1. The van der Waals surface area contributed by atoms with Gasteiger partial charge in [0.05, 0.1) is 12.7 Å². The highest BCUT2D eigenvalue weighted by molar-refractivity contribution is 6.09. The number of ether oxygens (including phenoxy) is 1. The molecule has 0 atom stereocenters. The molecule has 1 radical (unpaired) electrons. The van der Waals surface area contributed by atoms with Crippen molar-refractivity contribution < 1.29 is 14.3 Å². The predicted molar refractivity (Wildman–Crippen MR) is 60.1 cm³/mol. The Morgan fingerprint density at radius 1 is 1.12 bits per heavy atom. The van der Waals surface area contributed by atoms with Crippen molar-refractivity contribution in [3.8, 4) is 0 Å². The Morgan fingerprint density at radius 3 is 2.44 bits per heavy atom. The van der Waals surface area contributed by atoms with Crippen molar-refractivity contribution >= 4 is 23.0 Å². The SMILES string of the molecule is COC(=O)c1ccc([C]=O)c2ccccc12. The van der Waals surface area contributed by atoms with Gasteiger partial charge in [0.1, 0.15) is 0 Å². The Labute approximate surface area is 92.6 Å². The van der Waals surface area contributed by atoms with Crippen LogP contribution in [0.4, 0.5) is 0 Å². The van der Waals surface area contributed by atoms with E-state index < -0.39 is 5.97 Å². The molecule has 79 valence electrons. The first-order chi connectivity index (χ1) is 7.77. The highest BCUT2D eigenvalue weighted by Crippen LogP contribution is 2.22. The maximum absolute atomic E-state index is 11.5. The van der Waals surface area contributed by atoms with Gasteiger partial charge >= 0.3 is 5.97 Å². The van der Waals surface area contributed by atoms with Crippen LogP contribution in [0.3, 0.4) is 0 Å². The molecule has 0 amide bonds. The Bertz CT molecular complexity index is 558. The summed E-state index contributed by atoms with van der Waals surface area (Å²) < 4.78 is 4.68. The quantitative estimate of drug-likeness (QED) is 0.717. The molecule has 0 saturated carbocycles. The van der Waals surface area contributed by atoms with Crippen LogP contribution in [-0.4, -0.2) is 19.4 Å². The zero-order valence-electron chi connectivity index (χ0n) is 8.69. The lowest BCUT2D eigenvalue weighted by Crippen LogP contribution is -2.02. The Balaban J connectivity index is 2.79. The van der Waals surface area contributed by atoms with Crippen LogP contribution in [-0.2, 0) is 9.53 Å². The summed E-state index contributed by atoms with van der Waals surface area (Å²) >= 11 is 0. The zero-order chi connectivity index (χ0) is 11.5. The maximum Gasteiger partial charge on any atom is 0.338 e. The highest BCUT2D eigenvalue weighted by atomic mass is 16.5. The summed E-state index contributed by atoms with van der Waals surface area (Å²) in [5.41, 5.74) is 0.903. The minimum atomic E-state index is -0.409. The van der Waals surface area contributed by atoms with Crippen molar-refractivity contribution in [3.05, 3.63) is 47.5 Å². The van der Waals surface area contributed by atoms with Gasteiger partial charge in [0.25, 0.3) is 0 Å². The van der Waals surface area contributed by atoms with E-state index in [0.717, 1.165) is 0 Å². The molecule has 0 spiro atoms. The Morgan fingerprint density at radius 2 is 1.81 bits per heavy atom. The fourth-order valence-electron chi connectivity index (χ4n) is 1.68. The molecule has 2 aromatic carbocycles. The van der Waals surface area contributed by atoms with Crippen LogP contribution in [0.25, 0.3) is 10.8 Å². The van der Waals surface area contributed by atoms with E-state index >= 15 is 0 Å². The number of methoxy groups -OCH3 is 1. The van der Waals surface area contributed by atoms with Gasteiger partial charge in [0, 0.05) is 5.56 Å². The molecule has 0 aliphatic rings. The average molecular weight is 213 g/mol. The van der Waals surface area contributed by atoms with E-state index in [4.69, 9.17) is 0 Å². The summed E-state index contributed by atoms with van der Waals surface area (Å²) in [7, 11) is 1.33. The molecule has 2 aromatic rings. The number of benzene rings is 2. The molecule has 0 heterocycles. The molecule has 0 fully saturated rings. The van der Waals surface area contributed by atoms with Crippen molar-refractivity contribution in [1.82, 2.24) is 0 Å². The van der Waals surface area contributed by atoms with Crippen molar-refractivity contribution in [2.24, 2.45) is 0 Å². The minimum Gasteiger partial charge on any atom is -0.465 e. The summed E-state index contributed by atoms with van der Waals surface area (Å²) in [5.74, 6) is -0.409. The molecule has 2 rings (SSSR count). The van der Waals surface area contributed by atoms with Crippen molar-refractivity contribution in [1.29, 1.82) is 0 Å². The van der Waals surface area contributed by atoms with Gasteiger partial charge in [-0.05, 0) is 22.9 Å². The summed E-state index contributed by atoms with van der Waals surface area (Å²) in [5, 5.41) is 1.41. The van der Waals surface area contributed by atoms with E-state index in [1.807, 2.05) is 18.4 Å². The molecule has 0 aliphatic heterocycles. The van der Waals surface area contributed by atoms with E-state index in [-0.39, 0.29) is 0 Å². The molecule has 0 saturated heterocycles. The largest absolute Gasteiger partial charge is 0.465 e. The van der Waals surface area contributed by atoms with E-state index in [1.54, 1.807) is 24.3 Å². The van der Waals surface area contributed by atoms with E-state index in [0.29, 0.717) is 21.9 Å². The van der Waals surface area contributed by atoms with Gasteiger partial charge in [-0.15, -0.1) is 0 Å². The van der Waals surface area contributed by atoms with Gasteiger partial charge in [-0.1, -0.05) is 24.3 Å². The van der Waals surface area contributed by atoms with Crippen LogP contribution >= 0.6 is 0 Å². The van der Waals surface area contributed by atoms with Gasteiger partial charge in [-0.2, -0.15) is 0 Å². The fraction of sp³-hybridized carbons (Fsp3) is 0.0769. The number of hydrogen-bond acceptors (Lipinski definition) is 3. The summed E-state index contributed by atoms with van der Waals surface area (Å²) in [6.07, 6.45) is 1.85. The fourth-order valence-corrected chi connectivity index (χ4v) is 1.68. The number of carbonyl (C=O) groups is 1. The maximum atomic E-state index is 11.5. The molecule has 3 heteroatoms. The summed E-state index contributed by atoms with van der Waals surface area (Å²) in [6, 6.07) is 10.3. The Kier molecular flexibility index (Phi) is 2.68. The molecule has 16 heavy (non-hydrogen) atoms. The monoisotopic (exact) mass is 213 g/mol. The standard InChI is InChI=1S/C13H9O3/c1-16-13(15)12-7-6-9(8-14)10-4-2-3-5-11(10)12/h2-7H,1H3. The van der Waals surface area contributed by atoms with Gasteiger partial charge in [0.15, 0.2) is 0 Å². The third-order valence-electron chi connectivity index (χ3n) is 2.44. The molecule has 0 aromatic heterocycles. The second kappa shape index (κ2) is 4.14. The lowest BCUT2D eigenvalue weighted by Gasteiger charge is -2.05. The van der Waals surface area contributed by atoms with E-state index in [1.165, 1.54) is 7.11 Å². The van der Waals surface area contributed by atoms with Crippen molar-refractivity contribution in [3.63, 3.8) is 0 Å². The molecular weight excluding hydrogens is 204 g/mol. The predicted octanol–water partition coefficient (Wildman–Crippen LogP) is 2.08. The van der Waals surface area contributed by atoms with Crippen molar-refractivity contribution in [2.75, 3.05) is 7.11 Å². The number of hydrogen-bond donors (Lipinski definition) is 0. The topological polar surface area (TPSA) is 43.4 Å². The number of fused-ring (bicyclic) bond motifs is 1. The number of carbonyl (C=O) groups excluding carboxylic acids is 2. The molecule has 0 aliphatic carbocycles. The minimum absolute atomic E-state index is 0.409. The van der Waals surface area contributed by atoms with Gasteiger partial charge in [0.2, 0.25) is 6.29 Å². The van der Waals surface area contributed by atoms with Crippen molar-refractivity contribution in [2.45, 2.75) is 0 Å².